The van der Waals surface area contributed by atoms with Crippen molar-refractivity contribution in [3.8, 4) is 0 Å². The van der Waals surface area contributed by atoms with E-state index in [-0.39, 0.29) is 11.9 Å². The van der Waals surface area contributed by atoms with Gasteiger partial charge in [0.1, 0.15) is 6.29 Å². The van der Waals surface area contributed by atoms with Gasteiger partial charge in [-0.1, -0.05) is 6.08 Å². The van der Waals surface area contributed by atoms with Gasteiger partial charge in [-0.3, -0.25) is 0 Å². The van der Waals surface area contributed by atoms with Gasteiger partial charge in [-0.05, 0) is 19.8 Å². The SMILES string of the molecule is CCOC(=O)C1=CCC(C=O)C1. The molecular formula is C9H12O3. The van der Waals surface area contributed by atoms with E-state index in [2.05, 4.69) is 0 Å². The van der Waals surface area contributed by atoms with Gasteiger partial charge in [0.05, 0.1) is 6.61 Å². The van der Waals surface area contributed by atoms with Gasteiger partial charge in [0.15, 0.2) is 0 Å². The molecule has 0 spiro atoms. The topological polar surface area (TPSA) is 43.4 Å². The third-order valence-corrected chi connectivity index (χ3v) is 1.88. The van der Waals surface area contributed by atoms with Gasteiger partial charge in [0.2, 0.25) is 0 Å². The molecular weight excluding hydrogens is 156 g/mol. The lowest BCUT2D eigenvalue weighted by atomic mass is 10.1. The van der Waals surface area contributed by atoms with Crippen LogP contribution in [0, 0.1) is 5.92 Å². The van der Waals surface area contributed by atoms with Gasteiger partial charge in [-0.15, -0.1) is 0 Å². The average molecular weight is 168 g/mol. The molecule has 0 amide bonds. The molecule has 0 aromatic rings. The Morgan fingerprint density at radius 1 is 1.83 bits per heavy atom. The Morgan fingerprint density at radius 2 is 2.58 bits per heavy atom. The van der Waals surface area contributed by atoms with Gasteiger partial charge in [0.25, 0.3) is 0 Å². The van der Waals surface area contributed by atoms with Crippen LogP contribution in [0.3, 0.4) is 0 Å². The molecule has 1 atom stereocenters. The monoisotopic (exact) mass is 168 g/mol. The van der Waals surface area contributed by atoms with Gasteiger partial charge in [-0.25, -0.2) is 4.79 Å². The number of carbonyl (C=O) groups excluding carboxylic acids is 2. The summed E-state index contributed by atoms with van der Waals surface area (Å²) in [6.07, 6.45) is 3.90. The summed E-state index contributed by atoms with van der Waals surface area (Å²) in [6, 6.07) is 0. The van der Waals surface area contributed by atoms with Crippen molar-refractivity contribution < 1.29 is 14.3 Å². The summed E-state index contributed by atoms with van der Waals surface area (Å²) >= 11 is 0. The molecule has 0 saturated heterocycles. The van der Waals surface area contributed by atoms with E-state index in [1.807, 2.05) is 0 Å². The fourth-order valence-corrected chi connectivity index (χ4v) is 1.24. The minimum atomic E-state index is -0.276. The summed E-state index contributed by atoms with van der Waals surface area (Å²) in [5.74, 6) is -0.286. The van der Waals surface area contributed by atoms with E-state index in [0.29, 0.717) is 25.0 Å². The second-order valence-electron chi connectivity index (χ2n) is 2.79. The summed E-state index contributed by atoms with van der Waals surface area (Å²) < 4.78 is 4.80. The second-order valence-corrected chi connectivity index (χ2v) is 2.79. The van der Waals surface area contributed by atoms with Crippen LogP contribution in [-0.2, 0) is 14.3 Å². The maximum Gasteiger partial charge on any atom is 0.333 e. The van der Waals surface area contributed by atoms with Crippen LogP contribution >= 0.6 is 0 Å². The number of allylic oxidation sites excluding steroid dienone is 1. The largest absolute Gasteiger partial charge is 0.463 e. The highest BCUT2D eigenvalue weighted by molar-refractivity contribution is 5.89. The average Bonchev–Trinajstić information content (AvgIpc) is 2.52. The van der Waals surface area contributed by atoms with E-state index in [1.54, 1.807) is 13.0 Å². The summed E-state index contributed by atoms with van der Waals surface area (Å²) in [4.78, 5) is 21.4. The molecule has 1 unspecified atom stereocenters. The number of hydrogen-bond acceptors (Lipinski definition) is 3. The molecule has 12 heavy (non-hydrogen) atoms. The Kier molecular flexibility index (Phi) is 3.02. The van der Waals surface area contributed by atoms with Crippen molar-refractivity contribution in [2.75, 3.05) is 6.61 Å². The standard InChI is InChI=1S/C9H12O3/c1-2-12-9(11)8-4-3-7(5-8)6-10/h4,6-7H,2-3,5H2,1H3. The van der Waals surface area contributed by atoms with Crippen molar-refractivity contribution in [2.45, 2.75) is 19.8 Å². The van der Waals surface area contributed by atoms with Crippen LogP contribution in [0.5, 0.6) is 0 Å². The smallest absolute Gasteiger partial charge is 0.333 e. The molecule has 1 aliphatic carbocycles. The van der Waals surface area contributed by atoms with Crippen LogP contribution in [0.2, 0.25) is 0 Å². The molecule has 0 fully saturated rings. The predicted octanol–water partition coefficient (Wildman–Crippen LogP) is 1.08. The number of aldehydes is 1. The maximum absolute atomic E-state index is 11.1. The molecule has 0 N–H and O–H groups in total. The lowest BCUT2D eigenvalue weighted by Crippen LogP contribution is -2.07. The van der Waals surface area contributed by atoms with E-state index in [0.717, 1.165) is 6.29 Å². The van der Waals surface area contributed by atoms with Crippen molar-refractivity contribution in [1.29, 1.82) is 0 Å². The zero-order valence-corrected chi connectivity index (χ0v) is 7.08. The second kappa shape index (κ2) is 4.04. The highest BCUT2D eigenvalue weighted by Crippen LogP contribution is 2.23. The molecule has 0 heterocycles. The first kappa shape index (κ1) is 8.97. The summed E-state index contributed by atoms with van der Waals surface area (Å²) in [6.45, 7) is 2.16. The van der Waals surface area contributed by atoms with Crippen LogP contribution in [-0.4, -0.2) is 18.9 Å². The van der Waals surface area contributed by atoms with Gasteiger partial charge < -0.3 is 9.53 Å². The first-order chi connectivity index (χ1) is 5.77. The van der Waals surface area contributed by atoms with Gasteiger partial charge in [0, 0.05) is 11.5 Å². The van der Waals surface area contributed by atoms with Crippen molar-refractivity contribution in [3.05, 3.63) is 11.6 Å². The van der Waals surface area contributed by atoms with Crippen molar-refractivity contribution in [3.63, 3.8) is 0 Å². The maximum atomic E-state index is 11.1. The van der Waals surface area contributed by atoms with Crippen molar-refractivity contribution >= 4 is 12.3 Å². The molecule has 1 rings (SSSR count). The van der Waals surface area contributed by atoms with Crippen LogP contribution < -0.4 is 0 Å². The van der Waals surface area contributed by atoms with Crippen LogP contribution in [0.4, 0.5) is 0 Å². The van der Waals surface area contributed by atoms with E-state index in [1.165, 1.54) is 0 Å². The van der Waals surface area contributed by atoms with Crippen LogP contribution in [0.15, 0.2) is 11.6 Å². The molecule has 0 aromatic heterocycles. The molecule has 0 aromatic carbocycles. The molecule has 0 saturated carbocycles. The van der Waals surface area contributed by atoms with E-state index in [4.69, 9.17) is 4.74 Å². The summed E-state index contributed by atoms with van der Waals surface area (Å²) in [7, 11) is 0. The first-order valence-corrected chi connectivity index (χ1v) is 4.09. The van der Waals surface area contributed by atoms with Crippen molar-refractivity contribution in [2.24, 2.45) is 5.92 Å². The van der Waals surface area contributed by atoms with E-state index < -0.39 is 0 Å². The summed E-state index contributed by atoms with van der Waals surface area (Å²) in [5, 5.41) is 0. The Hall–Kier alpha value is -1.12. The number of rotatable bonds is 3. The number of carbonyl (C=O) groups is 2. The molecule has 3 nitrogen and oxygen atoms in total. The fourth-order valence-electron chi connectivity index (χ4n) is 1.24. The Labute approximate surface area is 71.4 Å². The van der Waals surface area contributed by atoms with Gasteiger partial charge >= 0.3 is 5.97 Å². The Bertz CT molecular complexity index is 218. The minimum absolute atomic E-state index is 0.00981. The van der Waals surface area contributed by atoms with Crippen LogP contribution in [0.25, 0.3) is 0 Å². The normalized spacial score (nSPS) is 21.8. The highest BCUT2D eigenvalue weighted by Gasteiger charge is 2.21. The molecule has 1 aliphatic rings. The Morgan fingerprint density at radius 3 is 3.08 bits per heavy atom. The first-order valence-electron chi connectivity index (χ1n) is 4.09. The zero-order chi connectivity index (χ0) is 8.97. The quantitative estimate of drug-likeness (QED) is 0.468. The lowest BCUT2D eigenvalue weighted by Gasteiger charge is -2.02. The molecule has 0 radical (unpaired) electrons. The number of esters is 1. The predicted molar refractivity (Wildman–Crippen MR) is 43.5 cm³/mol. The van der Waals surface area contributed by atoms with Crippen LogP contribution in [0.1, 0.15) is 19.8 Å². The Balaban J connectivity index is 2.45. The molecule has 66 valence electrons. The van der Waals surface area contributed by atoms with Gasteiger partial charge in [-0.2, -0.15) is 0 Å². The zero-order valence-electron chi connectivity index (χ0n) is 7.08. The fraction of sp³-hybridized carbons (Fsp3) is 0.556. The van der Waals surface area contributed by atoms with Crippen molar-refractivity contribution in [1.82, 2.24) is 0 Å². The minimum Gasteiger partial charge on any atom is -0.463 e. The lowest BCUT2D eigenvalue weighted by molar-refractivity contribution is -0.138. The highest BCUT2D eigenvalue weighted by atomic mass is 16.5. The van der Waals surface area contributed by atoms with E-state index in [9.17, 15) is 9.59 Å². The molecule has 0 bridgehead atoms. The molecule has 3 heteroatoms. The summed E-state index contributed by atoms with van der Waals surface area (Å²) in [5.41, 5.74) is 0.647. The number of ether oxygens (including phenoxy) is 1. The van der Waals surface area contributed by atoms with E-state index >= 15 is 0 Å². The third kappa shape index (κ3) is 1.94. The molecule has 0 aliphatic heterocycles. The number of hydrogen-bond donors (Lipinski definition) is 0. The third-order valence-electron chi connectivity index (χ3n) is 1.88.